The number of aryl methyl sites for hydroxylation is 4. The molecule has 2 atom stereocenters. The predicted molar refractivity (Wildman–Crippen MR) is 159 cm³/mol. The van der Waals surface area contributed by atoms with E-state index in [1.165, 1.54) is 46.5 Å². The molecule has 1 aliphatic carbocycles. The average molecular weight is 485 g/mol. The van der Waals surface area contributed by atoms with E-state index in [1.807, 2.05) is 0 Å². The number of anilines is 2. The first kappa shape index (κ1) is 27.4. The van der Waals surface area contributed by atoms with Crippen LogP contribution in [0.15, 0.2) is 69.9 Å². The highest BCUT2D eigenvalue weighted by atomic mass is 14.9. The topological polar surface area (TPSA) is 48.8 Å². The second-order valence-corrected chi connectivity index (χ2v) is 10.4. The van der Waals surface area contributed by atoms with Crippen LogP contribution in [0.2, 0.25) is 0 Å². The minimum absolute atomic E-state index is 0.234. The van der Waals surface area contributed by atoms with E-state index in [9.17, 15) is 0 Å². The molecule has 0 radical (unpaired) electrons. The first-order valence-corrected chi connectivity index (χ1v) is 13.3. The zero-order valence-corrected chi connectivity index (χ0v) is 23.5. The highest BCUT2D eigenvalue weighted by Crippen LogP contribution is 2.26. The molecule has 0 heterocycles. The molecule has 1 saturated carbocycles. The van der Waals surface area contributed by atoms with Crippen LogP contribution >= 0.6 is 0 Å². The minimum atomic E-state index is 0.234. The van der Waals surface area contributed by atoms with E-state index < -0.39 is 0 Å². The molecule has 0 spiro atoms. The number of benzene rings is 2. The van der Waals surface area contributed by atoms with Crippen molar-refractivity contribution in [3.8, 4) is 0 Å². The molecule has 0 amide bonds. The highest BCUT2D eigenvalue weighted by molar-refractivity contribution is 5.95. The smallest absolute Gasteiger partial charge is 0.0726 e. The Bertz CT molecular complexity index is 1050. The molecule has 1 aliphatic rings. The van der Waals surface area contributed by atoms with Gasteiger partial charge >= 0.3 is 0 Å². The van der Waals surface area contributed by atoms with Crippen molar-refractivity contribution >= 4 is 22.8 Å². The number of para-hydroxylation sites is 2. The van der Waals surface area contributed by atoms with Gasteiger partial charge in [-0.1, -0.05) is 49.2 Å². The largest absolute Gasteiger partial charge is 0.359 e. The van der Waals surface area contributed by atoms with Crippen molar-refractivity contribution in [1.82, 2.24) is 0 Å². The Balaban J connectivity index is 1.72. The summed E-state index contributed by atoms with van der Waals surface area (Å²) in [5.41, 5.74) is 11.7. The fraction of sp³-hybridized carbons (Fsp3) is 0.438. The minimum Gasteiger partial charge on any atom is -0.359 e. The Morgan fingerprint density at radius 1 is 0.639 bits per heavy atom. The van der Waals surface area contributed by atoms with Crippen LogP contribution in [0.3, 0.4) is 0 Å². The summed E-state index contributed by atoms with van der Waals surface area (Å²) >= 11 is 0. The van der Waals surface area contributed by atoms with Crippen LogP contribution in [-0.2, 0) is 0 Å². The van der Waals surface area contributed by atoms with Gasteiger partial charge in [0.25, 0.3) is 0 Å². The van der Waals surface area contributed by atoms with Crippen LogP contribution in [0.1, 0.15) is 75.6 Å². The molecule has 1 fully saturated rings. The van der Waals surface area contributed by atoms with E-state index in [-0.39, 0.29) is 12.1 Å². The van der Waals surface area contributed by atoms with Gasteiger partial charge in [-0.15, -0.1) is 0 Å². The van der Waals surface area contributed by atoms with Crippen molar-refractivity contribution in [3.63, 3.8) is 0 Å². The summed E-state index contributed by atoms with van der Waals surface area (Å²) in [6.07, 6.45) is 8.95. The molecule has 4 heteroatoms. The Kier molecular flexibility index (Phi) is 9.69. The summed E-state index contributed by atoms with van der Waals surface area (Å²) in [4.78, 5) is 10.2. The van der Waals surface area contributed by atoms with E-state index in [1.54, 1.807) is 0 Å². The molecule has 0 saturated heterocycles. The van der Waals surface area contributed by atoms with Crippen molar-refractivity contribution in [2.24, 2.45) is 9.98 Å². The van der Waals surface area contributed by atoms with Gasteiger partial charge in [0.1, 0.15) is 0 Å². The van der Waals surface area contributed by atoms with Crippen LogP contribution in [0.5, 0.6) is 0 Å². The fourth-order valence-corrected chi connectivity index (χ4v) is 5.11. The zero-order valence-electron chi connectivity index (χ0n) is 23.5. The summed E-state index contributed by atoms with van der Waals surface area (Å²) in [6, 6.07) is 13.2. The summed E-state index contributed by atoms with van der Waals surface area (Å²) in [5.74, 6) is 0. The summed E-state index contributed by atoms with van der Waals surface area (Å²) < 4.78 is 0. The van der Waals surface area contributed by atoms with Crippen LogP contribution in [0, 0.1) is 27.7 Å². The monoisotopic (exact) mass is 484 g/mol. The number of hydrogen-bond donors (Lipinski definition) is 2. The first-order valence-electron chi connectivity index (χ1n) is 13.3. The van der Waals surface area contributed by atoms with Crippen LogP contribution in [-0.4, -0.2) is 23.5 Å². The van der Waals surface area contributed by atoms with Crippen molar-refractivity contribution in [1.29, 1.82) is 0 Å². The molecule has 0 unspecified atom stereocenters. The Morgan fingerprint density at radius 2 is 0.972 bits per heavy atom. The molecule has 36 heavy (non-hydrogen) atoms. The van der Waals surface area contributed by atoms with E-state index in [0.29, 0.717) is 0 Å². The molecule has 4 nitrogen and oxygen atoms in total. The van der Waals surface area contributed by atoms with Gasteiger partial charge in [-0.05, 0) is 103 Å². The molecule has 3 rings (SSSR count). The van der Waals surface area contributed by atoms with Gasteiger partial charge < -0.3 is 10.6 Å². The van der Waals surface area contributed by atoms with E-state index in [4.69, 9.17) is 9.98 Å². The van der Waals surface area contributed by atoms with Gasteiger partial charge in [-0.3, -0.25) is 9.98 Å². The second-order valence-electron chi connectivity index (χ2n) is 10.4. The van der Waals surface area contributed by atoms with Crippen LogP contribution < -0.4 is 10.6 Å². The lowest BCUT2D eigenvalue weighted by molar-refractivity contribution is 0.388. The summed E-state index contributed by atoms with van der Waals surface area (Å²) in [6.45, 7) is 17.0. The van der Waals surface area contributed by atoms with Crippen molar-refractivity contribution < 1.29 is 0 Å². The fourth-order valence-electron chi connectivity index (χ4n) is 5.11. The average Bonchev–Trinajstić information content (AvgIpc) is 2.80. The van der Waals surface area contributed by atoms with Gasteiger partial charge in [0.05, 0.1) is 12.1 Å². The van der Waals surface area contributed by atoms with E-state index in [0.717, 1.165) is 35.7 Å². The Labute approximate surface area is 218 Å². The number of nitrogens with one attached hydrogen (secondary N) is 2. The van der Waals surface area contributed by atoms with Crippen molar-refractivity contribution in [2.45, 2.75) is 93.2 Å². The third kappa shape index (κ3) is 7.68. The number of rotatable bonds is 8. The molecule has 0 aliphatic heterocycles. The van der Waals surface area contributed by atoms with E-state index in [2.05, 4.69) is 115 Å². The molecule has 2 N–H and O–H groups in total. The molecule has 0 bridgehead atoms. The molecular weight excluding hydrogens is 440 g/mol. The normalized spacial score (nSPS) is 19.9. The Hall–Kier alpha value is -3.14. The zero-order chi connectivity index (χ0) is 26.2. The summed E-state index contributed by atoms with van der Waals surface area (Å²) in [7, 11) is 0. The maximum absolute atomic E-state index is 5.12. The SMILES string of the molecule is CC(=CC(C)=N[C@H]1CCCC[C@@H]1N=C(C)C=C(C)Nc1c(C)cccc1C)Nc1c(C)cccc1C. The predicted octanol–water partition coefficient (Wildman–Crippen LogP) is 8.48. The van der Waals surface area contributed by atoms with Crippen LogP contribution in [0.25, 0.3) is 0 Å². The van der Waals surface area contributed by atoms with Crippen molar-refractivity contribution in [3.05, 3.63) is 82.2 Å². The van der Waals surface area contributed by atoms with Gasteiger partial charge in [-0.25, -0.2) is 0 Å². The molecule has 2 aromatic carbocycles. The van der Waals surface area contributed by atoms with Gasteiger partial charge in [0.2, 0.25) is 0 Å². The molecular formula is C32H44N4. The van der Waals surface area contributed by atoms with Gasteiger partial charge in [-0.2, -0.15) is 0 Å². The van der Waals surface area contributed by atoms with E-state index >= 15 is 0 Å². The maximum atomic E-state index is 5.12. The lowest BCUT2D eigenvalue weighted by atomic mass is 9.91. The molecule has 192 valence electrons. The number of allylic oxidation sites excluding steroid dienone is 4. The highest BCUT2D eigenvalue weighted by Gasteiger charge is 2.24. The third-order valence-electron chi connectivity index (χ3n) is 6.89. The number of hydrogen-bond acceptors (Lipinski definition) is 4. The number of nitrogens with zero attached hydrogens (tertiary/aromatic N) is 2. The summed E-state index contributed by atoms with van der Waals surface area (Å²) in [5, 5.41) is 7.15. The Morgan fingerprint density at radius 3 is 1.31 bits per heavy atom. The second kappa shape index (κ2) is 12.7. The lowest BCUT2D eigenvalue weighted by Crippen LogP contribution is -2.28. The standard InChI is InChI=1S/C32H44N4/c1-21-13-11-14-22(2)31(21)35-27(7)19-25(5)33-29-17-9-10-18-30(29)34-26(6)20-28(8)36-32-23(3)15-12-16-24(32)4/h11-16,19-20,29-30,35-36H,9-10,17-18H2,1-8H3/t29-,30-/m0/s1. The number of aliphatic imine (C=N–C) groups is 2. The van der Waals surface area contributed by atoms with Crippen LogP contribution in [0.4, 0.5) is 11.4 Å². The lowest BCUT2D eigenvalue weighted by Gasteiger charge is -2.26. The molecule has 0 aromatic heterocycles. The quantitative estimate of drug-likeness (QED) is 0.369. The van der Waals surface area contributed by atoms with Gasteiger partial charge in [0.15, 0.2) is 0 Å². The molecule has 2 aromatic rings. The van der Waals surface area contributed by atoms with Crippen molar-refractivity contribution in [2.75, 3.05) is 10.6 Å². The maximum Gasteiger partial charge on any atom is 0.0726 e. The van der Waals surface area contributed by atoms with Gasteiger partial charge in [0, 0.05) is 34.2 Å². The first-order chi connectivity index (χ1) is 17.1. The third-order valence-corrected chi connectivity index (χ3v) is 6.89.